The summed E-state index contributed by atoms with van der Waals surface area (Å²) in [6, 6.07) is 4.23. The predicted octanol–water partition coefficient (Wildman–Crippen LogP) is 3.53. The van der Waals surface area contributed by atoms with Gasteiger partial charge in [-0.2, -0.15) is 0 Å². The lowest BCUT2D eigenvalue weighted by Gasteiger charge is -2.27. The number of aldehydes is 1. The molecule has 4 rings (SSSR count). The van der Waals surface area contributed by atoms with Crippen LogP contribution in [0.2, 0.25) is 0 Å². The van der Waals surface area contributed by atoms with Crippen LogP contribution in [-0.2, 0) is 4.79 Å². The van der Waals surface area contributed by atoms with Gasteiger partial charge < -0.3 is 18.8 Å². The Labute approximate surface area is 145 Å². The van der Waals surface area contributed by atoms with E-state index in [-0.39, 0.29) is 5.92 Å². The number of hydrogen-bond acceptors (Lipinski definition) is 5. The van der Waals surface area contributed by atoms with E-state index in [1.165, 1.54) is 0 Å². The standard InChI is InChI=1S/C19H21N3O3/c1-24-17-7-14-15(8-18(17)25-2)20-9-16-19(14)22(11-21-16)13-5-3-12(10-23)4-6-13/h7-13H,3-6H2,1-2H3. The molecule has 0 radical (unpaired) electrons. The lowest BCUT2D eigenvalue weighted by atomic mass is 9.87. The number of hydrogen-bond donors (Lipinski definition) is 0. The smallest absolute Gasteiger partial charge is 0.162 e. The van der Waals surface area contributed by atoms with E-state index in [4.69, 9.17) is 9.47 Å². The molecule has 1 aliphatic carbocycles. The molecule has 1 aromatic carbocycles. The zero-order valence-electron chi connectivity index (χ0n) is 14.4. The summed E-state index contributed by atoms with van der Waals surface area (Å²) in [4.78, 5) is 20.1. The monoisotopic (exact) mass is 339 g/mol. The van der Waals surface area contributed by atoms with Crippen LogP contribution >= 0.6 is 0 Å². The summed E-state index contributed by atoms with van der Waals surface area (Å²) < 4.78 is 13.1. The second kappa shape index (κ2) is 6.35. The van der Waals surface area contributed by atoms with E-state index in [1.54, 1.807) is 20.4 Å². The number of carbonyl (C=O) groups is 1. The molecule has 130 valence electrons. The van der Waals surface area contributed by atoms with Gasteiger partial charge in [0.15, 0.2) is 11.5 Å². The van der Waals surface area contributed by atoms with Crippen molar-refractivity contribution in [1.82, 2.24) is 14.5 Å². The van der Waals surface area contributed by atoms with Gasteiger partial charge in [-0.25, -0.2) is 4.98 Å². The van der Waals surface area contributed by atoms with Crippen LogP contribution in [-0.4, -0.2) is 35.0 Å². The molecule has 2 heterocycles. The first-order valence-corrected chi connectivity index (χ1v) is 8.57. The third-order valence-electron chi connectivity index (χ3n) is 5.23. The number of rotatable bonds is 4. The van der Waals surface area contributed by atoms with Crippen LogP contribution in [0.4, 0.5) is 0 Å². The lowest BCUT2D eigenvalue weighted by Crippen LogP contribution is -2.18. The molecule has 0 spiro atoms. The molecule has 3 aromatic rings. The van der Waals surface area contributed by atoms with E-state index in [1.807, 2.05) is 18.5 Å². The van der Waals surface area contributed by atoms with Gasteiger partial charge in [-0.3, -0.25) is 4.98 Å². The van der Waals surface area contributed by atoms with Crippen LogP contribution in [0.15, 0.2) is 24.7 Å². The second-order valence-electron chi connectivity index (χ2n) is 6.57. The molecule has 0 bridgehead atoms. The fourth-order valence-electron chi connectivity index (χ4n) is 3.84. The normalized spacial score (nSPS) is 20.7. The minimum Gasteiger partial charge on any atom is -0.493 e. The van der Waals surface area contributed by atoms with Crippen molar-refractivity contribution < 1.29 is 14.3 Å². The fraction of sp³-hybridized carbons (Fsp3) is 0.421. The Balaban J connectivity index is 1.86. The molecule has 0 amide bonds. The molecule has 0 N–H and O–H groups in total. The number of pyridine rings is 1. The number of ether oxygens (including phenoxy) is 2. The Hall–Kier alpha value is -2.63. The maximum Gasteiger partial charge on any atom is 0.162 e. The molecule has 1 saturated carbocycles. The molecule has 0 atom stereocenters. The van der Waals surface area contributed by atoms with Crippen LogP contribution in [0.25, 0.3) is 21.9 Å². The molecule has 25 heavy (non-hydrogen) atoms. The van der Waals surface area contributed by atoms with Crippen molar-refractivity contribution in [3.8, 4) is 11.5 Å². The highest BCUT2D eigenvalue weighted by Gasteiger charge is 2.24. The van der Waals surface area contributed by atoms with Crippen LogP contribution < -0.4 is 9.47 Å². The highest BCUT2D eigenvalue weighted by atomic mass is 16.5. The van der Waals surface area contributed by atoms with Crippen LogP contribution in [0.3, 0.4) is 0 Å². The van der Waals surface area contributed by atoms with Gasteiger partial charge in [0, 0.05) is 23.4 Å². The minimum absolute atomic E-state index is 0.203. The Morgan fingerprint density at radius 2 is 1.76 bits per heavy atom. The van der Waals surface area contributed by atoms with E-state index in [2.05, 4.69) is 14.5 Å². The Morgan fingerprint density at radius 3 is 2.44 bits per heavy atom. The van der Waals surface area contributed by atoms with Gasteiger partial charge in [-0.1, -0.05) is 0 Å². The molecule has 0 aliphatic heterocycles. The average molecular weight is 339 g/mol. The topological polar surface area (TPSA) is 66.2 Å². The number of nitrogens with zero attached hydrogens (tertiary/aromatic N) is 3. The number of methoxy groups -OCH3 is 2. The number of benzene rings is 1. The Kier molecular flexibility index (Phi) is 4.03. The number of aromatic nitrogens is 3. The number of carbonyl (C=O) groups excluding carboxylic acids is 1. The average Bonchev–Trinajstić information content (AvgIpc) is 3.11. The van der Waals surface area contributed by atoms with E-state index in [9.17, 15) is 4.79 Å². The summed E-state index contributed by atoms with van der Waals surface area (Å²) >= 11 is 0. The molecule has 2 aromatic heterocycles. The van der Waals surface area contributed by atoms with E-state index < -0.39 is 0 Å². The molecule has 0 unspecified atom stereocenters. The van der Waals surface area contributed by atoms with Crippen LogP contribution in [0.1, 0.15) is 31.7 Å². The van der Waals surface area contributed by atoms with Crippen LogP contribution in [0, 0.1) is 5.92 Å². The van der Waals surface area contributed by atoms with Crippen molar-refractivity contribution in [2.45, 2.75) is 31.7 Å². The second-order valence-corrected chi connectivity index (χ2v) is 6.57. The van der Waals surface area contributed by atoms with Gasteiger partial charge >= 0.3 is 0 Å². The molecular weight excluding hydrogens is 318 g/mol. The summed E-state index contributed by atoms with van der Waals surface area (Å²) in [6.07, 6.45) is 8.66. The van der Waals surface area contributed by atoms with Gasteiger partial charge in [0.1, 0.15) is 11.8 Å². The quantitative estimate of drug-likeness (QED) is 0.680. The van der Waals surface area contributed by atoms with E-state index >= 15 is 0 Å². The molecule has 1 aliphatic rings. The van der Waals surface area contributed by atoms with E-state index in [0.29, 0.717) is 17.5 Å². The fourth-order valence-corrected chi connectivity index (χ4v) is 3.84. The maximum atomic E-state index is 11.0. The summed E-state index contributed by atoms with van der Waals surface area (Å²) in [5.74, 6) is 1.55. The highest BCUT2D eigenvalue weighted by molar-refractivity contribution is 6.03. The zero-order valence-corrected chi connectivity index (χ0v) is 14.4. The summed E-state index contributed by atoms with van der Waals surface area (Å²) in [7, 11) is 3.26. The first kappa shape index (κ1) is 15.9. The van der Waals surface area contributed by atoms with Gasteiger partial charge in [0.2, 0.25) is 0 Å². The third-order valence-corrected chi connectivity index (χ3v) is 5.23. The number of fused-ring (bicyclic) bond motifs is 3. The molecule has 1 fully saturated rings. The van der Waals surface area contributed by atoms with Gasteiger partial charge in [0.25, 0.3) is 0 Å². The van der Waals surface area contributed by atoms with Crippen LogP contribution in [0.5, 0.6) is 11.5 Å². The Bertz CT molecular complexity index is 926. The molecule has 6 heteroatoms. The van der Waals surface area contributed by atoms with Crippen molar-refractivity contribution in [3.05, 3.63) is 24.7 Å². The summed E-state index contributed by atoms with van der Waals surface area (Å²) in [5.41, 5.74) is 2.80. The van der Waals surface area contributed by atoms with Crippen molar-refractivity contribution in [2.75, 3.05) is 14.2 Å². The van der Waals surface area contributed by atoms with Crippen molar-refractivity contribution in [2.24, 2.45) is 5.92 Å². The van der Waals surface area contributed by atoms with Gasteiger partial charge in [0.05, 0.1) is 37.8 Å². The molecular formula is C19H21N3O3. The molecule has 0 saturated heterocycles. The summed E-state index contributed by atoms with van der Waals surface area (Å²) in [5, 5.41) is 1.00. The maximum absolute atomic E-state index is 11.0. The van der Waals surface area contributed by atoms with E-state index in [0.717, 1.165) is 53.9 Å². The number of imidazole rings is 1. The zero-order chi connectivity index (χ0) is 17.4. The first-order chi connectivity index (χ1) is 12.2. The predicted molar refractivity (Wildman–Crippen MR) is 95.2 cm³/mol. The summed E-state index contributed by atoms with van der Waals surface area (Å²) in [6.45, 7) is 0. The Morgan fingerprint density at radius 1 is 1.04 bits per heavy atom. The third kappa shape index (κ3) is 2.62. The largest absolute Gasteiger partial charge is 0.493 e. The van der Waals surface area contributed by atoms with Gasteiger partial charge in [-0.15, -0.1) is 0 Å². The highest BCUT2D eigenvalue weighted by Crippen LogP contribution is 2.38. The van der Waals surface area contributed by atoms with Crippen molar-refractivity contribution in [3.63, 3.8) is 0 Å². The minimum atomic E-state index is 0.203. The van der Waals surface area contributed by atoms with Crippen molar-refractivity contribution >= 4 is 28.2 Å². The first-order valence-electron chi connectivity index (χ1n) is 8.57. The van der Waals surface area contributed by atoms with Crippen molar-refractivity contribution in [1.29, 1.82) is 0 Å². The SMILES string of the molecule is COc1cc2ncc3ncn(C4CCC(C=O)CC4)c3c2cc1OC. The lowest BCUT2D eigenvalue weighted by molar-refractivity contribution is -0.112. The molecule has 6 nitrogen and oxygen atoms in total. The van der Waals surface area contributed by atoms with Gasteiger partial charge in [-0.05, 0) is 31.7 Å².